The van der Waals surface area contributed by atoms with Crippen molar-refractivity contribution in [1.82, 2.24) is 15.0 Å². The van der Waals surface area contributed by atoms with Gasteiger partial charge in [0.1, 0.15) is 33.5 Å². The van der Waals surface area contributed by atoms with E-state index in [9.17, 15) is 0 Å². The molecule has 0 unspecified atom stereocenters. The fraction of sp³-hybridized carbons (Fsp3) is 0. The summed E-state index contributed by atoms with van der Waals surface area (Å²) >= 11 is 0. The molecule has 0 radical (unpaired) electrons. The van der Waals surface area contributed by atoms with E-state index in [0.717, 1.165) is 116 Å². The number of benzene rings is 9. The van der Waals surface area contributed by atoms with E-state index in [1.165, 1.54) is 0 Å². The summed E-state index contributed by atoms with van der Waals surface area (Å²) in [6, 6.07) is 68.7. The lowest BCUT2D eigenvalue weighted by Gasteiger charge is -2.13. The molecule has 0 saturated heterocycles. The lowest BCUT2D eigenvalue weighted by atomic mass is 9.94. The molecule has 0 saturated carbocycles. The maximum atomic E-state index is 6.61. The average molecular weight is 808 g/mol. The van der Waals surface area contributed by atoms with Gasteiger partial charge in [0, 0.05) is 60.1 Å². The molecule has 63 heavy (non-hydrogen) atoms. The van der Waals surface area contributed by atoms with E-state index in [1.807, 2.05) is 72.8 Å². The van der Waals surface area contributed by atoms with Gasteiger partial charge in [-0.05, 0) is 70.8 Å². The van der Waals surface area contributed by atoms with E-state index >= 15 is 0 Å². The lowest BCUT2D eigenvalue weighted by molar-refractivity contribution is 0.669. The number of aromatic nitrogens is 3. The highest BCUT2D eigenvalue weighted by Crippen LogP contribution is 2.42. The number of nitrogens with zero attached hydrogens (tertiary/aromatic N) is 3. The molecule has 0 bridgehead atoms. The average Bonchev–Trinajstić information content (AvgIpc) is 4.05. The molecule has 0 spiro atoms. The molecule has 0 amide bonds. The second kappa shape index (κ2) is 14.0. The third kappa shape index (κ3) is 5.84. The maximum absolute atomic E-state index is 6.61. The molecule has 0 fully saturated rings. The number of para-hydroxylation sites is 5. The summed E-state index contributed by atoms with van der Waals surface area (Å²) in [5.74, 6) is 1.71. The van der Waals surface area contributed by atoms with Crippen LogP contribution in [0.4, 0.5) is 0 Å². The van der Waals surface area contributed by atoms with Crippen LogP contribution < -0.4 is 0 Å². The van der Waals surface area contributed by atoms with Crippen molar-refractivity contribution in [3.05, 3.63) is 200 Å². The topological polar surface area (TPSA) is 78.1 Å². The van der Waals surface area contributed by atoms with Gasteiger partial charge in [0.05, 0.1) is 0 Å². The normalized spacial score (nSPS) is 11.8. The van der Waals surface area contributed by atoms with Crippen molar-refractivity contribution in [3.63, 3.8) is 0 Å². The zero-order valence-corrected chi connectivity index (χ0v) is 33.6. The van der Waals surface area contributed by atoms with Gasteiger partial charge in [0.25, 0.3) is 0 Å². The molecule has 294 valence electrons. The maximum Gasteiger partial charge on any atom is 0.164 e. The van der Waals surface area contributed by atoms with Gasteiger partial charge in [0.2, 0.25) is 0 Å². The van der Waals surface area contributed by atoms with Gasteiger partial charge < -0.3 is 13.3 Å². The third-order valence-electron chi connectivity index (χ3n) is 12.1. The number of rotatable bonds is 6. The van der Waals surface area contributed by atoms with E-state index in [4.69, 9.17) is 28.2 Å². The first-order valence-electron chi connectivity index (χ1n) is 21.0. The van der Waals surface area contributed by atoms with Gasteiger partial charge in [-0.3, -0.25) is 0 Å². The minimum atomic E-state index is 0.553. The van der Waals surface area contributed by atoms with Crippen LogP contribution in [-0.4, -0.2) is 15.0 Å². The smallest absolute Gasteiger partial charge is 0.164 e. The molecule has 0 aliphatic rings. The molecule has 9 aromatic carbocycles. The standard InChI is InChI=1S/C57H33N3O3/c1-2-12-35(13-3-1)55-58-56(36-26-24-34(25-27-36)37-28-29-52-48(33-37)45-16-6-7-21-49(45)61-52)60-57(59-55)40-31-38(41-17-10-19-46-43-14-4-8-22-50(43)62-53(41)46)30-39(32-40)42-18-11-20-47-44-15-5-9-23-51(44)63-54(42)47/h1-33H. The molecule has 13 rings (SSSR count). The Kier molecular flexibility index (Phi) is 7.80. The minimum Gasteiger partial charge on any atom is -0.456 e. The van der Waals surface area contributed by atoms with Crippen LogP contribution in [0.2, 0.25) is 0 Å². The Morgan fingerprint density at radius 1 is 0.238 bits per heavy atom. The van der Waals surface area contributed by atoms with Gasteiger partial charge >= 0.3 is 0 Å². The van der Waals surface area contributed by atoms with Crippen LogP contribution in [0.15, 0.2) is 213 Å². The Bertz CT molecular complexity index is 3780. The molecule has 0 atom stereocenters. The summed E-state index contributed by atoms with van der Waals surface area (Å²) in [5, 5.41) is 6.47. The Labute approximate surface area is 360 Å². The SMILES string of the molecule is c1ccc(-c2nc(-c3ccc(-c4ccc5oc6ccccc6c5c4)cc3)nc(-c3cc(-c4cccc5c4oc4ccccc45)cc(-c4cccc5c4oc4ccccc45)c3)n2)cc1. The van der Waals surface area contributed by atoms with E-state index in [-0.39, 0.29) is 0 Å². The van der Waals surface area contributed by atoms with Gasteiger partial charge in [-0.1, -0.05) is 152 Å². The molecule has 4 heterocycles. The van der Waals surface area contributed by atoms with E-state index in [1.54, 1.807) is 0 Å². The van der Waals surface area contributed by atoms with Crippen LogP contribution in [0.3, 0.4) is 0 Å². The first-order chi connectivity index (χ1) is 31.2. The van der Waals surface area contributed by atoms with Crippen molar-refractivity contribution < 1.29 is 13.3 Å². The lowest BCUT2D eigenvalue weighted by Crippen LogP contribution is -2.00. The van der Waals surface area contributed by atoms with Gasteiger partial charge in [-0.15, -0.1) is 0 Å². The van der Waals surface area contributed by atoms with E-state index in [2.05, 4.69) is 127 Å². The Hall–Kier alpha value is -8.61. The van der Waals surface area contributed by atoms with Gasteiger partial charge in [-0.2, -0.15) is 0 Å². The zero-order valence-electron chi connectivity index (χ0n) is 33.6. The number of fused-ring (bicyclic) bond motifs is 9. The predicted octanol–water partition coefficient (Wildman–Crippen LogP) is 15.6. The molecular weight excluding hydrogens is 775 g/mol. The molecule has 4 aromatic heterocycles. The number of hydrogen-bond donors (Lipinski definition) is 0. The van der Waals surface area contributed by atoms with E-state index < -0.39 is 0 Å². The van der Waals surface area contributed by atoms with Crippen molar-refractivity contribution >= 4 is 65.8 Å². The fourth-order valence-electron chi connectivity index (χ4n) is 9.08. The van der Waals surface area contributed by atoms with Crippen LogP contribution in [0.25, 0.3) is 133 Å². The highest BCUT2D eigenvalue weighted by atomic mass is 16.3. The molecular formula is C57H33N3O3. The Morgan fingerprint density at radius 3 is 1.24 bits per heavy atom. The van der Waals surface area contributed by atoms with Crippen LogP contribution in [0.1, 0.15) is 0 Å². The summed E-state index contributed by atoms with van der Waals surface area (Å²) in [6.45, 7) is 0. The molecule has 6 nitrogen and oxygen atoms in total. The minimum absolute atomic E-state index is 0.553. The van der Waals surface area contributed by atoms with Crippen molar-refractivity contribution in [2.75, 3.05) is 0 Å². The van der Waals surface area contributed by atoms with Crippen molar-refractivity contribution in [2.45, 2.75) is 0 Å². The fourth-order valence-corrected chi connectivity index (χ4v) is 9.08. The number of furan rings is 3. The highest BCUT2D eigenvalue weighted by Gasteiger charge is 2.20. The van der Waals surface area contributed by atoms with E-state index in [0.29, 0.717) is 17.5 Å². The monoisotopic (exact) mass is 807 g/mol. The van der Waals surface area contributed by atoms with Crippen LogP contribution in [-0.2, 0) is 0 Å². The summed E-state index contributed by atoms with van der Waals surface area (Å²) in [4.78, 5) is 15.5. The van der Waals surface area contributed by atoms with Crippen LogP contribution >= 0.6 is 0 Å². The molecule has 0 aliphatic heterocycles. The molecule has 13 aromatic rings. The number of hydrogen-bond acceptors (Lipinski definition) is 6. The summed E-state index contributed by atoms with van der Waals surface area (Å²) in [7, 11) is 0. The molecule has 0 aliphatic carbocycles. The summed E-state index contributed by atoms with van der Waals surface area (Å²) in [5.41, 5.74) is 13.8. The van der Waals surface area contributed by atoms with Crippen molar-refractivity contribution in [1.29, 1.82) is 0 Å². The highest BCUT2D eigenvalue weighted by molar-refractivity contribution is 6.12. The Balaban J connectivity index is 0.999. The summed E-state index contributed by atoms with van der Waals surface area (Å²) < 4.78 is 19.3. The second-order valence-corrected chi connectivity index (χ2v) is 15.9. The second-order valence-electron chi connectivity index (χ2n) is 15.9. The zero-order chi connectivity index (χ0) is 41.4. The van der Waals surface area contributed by atoms with Crippen molar-refractivity contribution in [3.8, 4) is 67.5 Å². The van der Waals surface area contributed by atoms with Gasteiger partial charge in [0.15, 0.2) is 17.5 Å². The predicted molar refractivity (Wildman–Crippen MR) is 254 cm³/mol. The molecule has 0 N–H and O–H groups in total. The summed E-state index contributed by atoms with van der Waals surface area (Å²) in [6.07, 6.45) is 0. The van der Waals surface area contributed by atoms with Crippen LogP contribution in [0.5, 0.6) is 0 Å². The van der Waals surface area contributed by atoms with Crippen molar-refractivity contribution in [2.24, 2.45) is 0 Å². The first kappa shape index (κ1) is 35.2. The quantitative estimate of drug-likeness (QED) is 0.166. The molecule has 6 heteroatoms. The largest absolute Gasteiger partial charge is 0.456 e. The van der Waals surface area contributed by atoms with Crippen LogP contribution in [0, 0.1) is 0 Å². The Morgan fingerprint density at radius 2 is 0.651 bits per heavy atom. The first-order valence-corrected chi connectivity index (χ1v) is 21.0. The van der Waals surface area contributed by atoms with Gasteiger partial charge in [-0.25, -0.2) is 15.0 Å². The third-order valence-corrected chi connectivity index (χ3v) is 12.1.